The molecule has 4 unspecified atom stereocenters. The molecule has 2 aliphatic carbocycles. The highest BCUT2D eigenvalue weighted by atomic mass is 14.9. The van der Waals surface area contributed by atoms with Crippen LogP contribution >= 0.6 is 0 Å². The normalized spacial score (nSPS) is 44.0. The minimum absolute atomic E-state index is 0.750. The van der Waals surface area contributed by atoms with Crippen molar-refractivity contribution in [2.45, 2.75) is 90.0 Å². The van der Waals surface area contributed by atoms with Crippen molar-refractivity contribution in [3.63, 3.8) is 0 Å². The molecule has 0 spiro atoms. The van der Waals surface area contributed by atoms with E-state index in [1.54, 1.807) is 25.7 Å². The van der Waals surface area contributed by atoms with E-state index in [9.17, 15) is 0 Å². The van der Waals surface area contributed by atoms with Crippen molar-refractivity contribution < 1.29 is 0 Å². The summed E-state index contributed by atoms with van der Waals surface area (Å²) in [5.41, 5.74) is 0. The number of hydrogen-bond acceptors (Lipinski definition) is 1. The maximum Gasteiger partial charge on any atom is 0.00414 e. The average molecular weight is 277 g/mol. The fourth-order valence-electron chi connectivity index (χ4n) is 5.64. The van der Waals surface area contributed by atoms with Crippen molar-refractivity contribution in [3.8, 4) is 0 Å². The van der Waals surface area contributed by atoms with Gasteiger partial charge in [-0.15, -0.1) is 0 Å². The van der Waals surface area contributed by atoms with Crippen molar-refractivity contribution >= 4 is 0 Å². The maximum atomic E-state index is 3.80. The molecule has 0 amide bonds. The molecule has 116 valence electrons. The van der Waals surface area contributed by atoms with E-state index in [1.165, 1.54) is 57.9 Å². The molecule has 3 rings (SSSR count). The Bertz CT molecular complexity index is 287. The summed E-state index contributed by atoms with van der Waals surface area (Å²) in [6.07, 6.45) is 18.1. The van der Waals surface area contributed by atoms with Crippen molar-refractivity contribution in [1.29, 1.82) is 0 Å². The largest absolute Gasteiger partial charge is 0.314 e. The van der Waals surface area contributed by atoms with E-state index in [2.05, 4.69) is 12.2 Å². The fraction of sp³-hybridized carbons (Fsp3) is 1.00. The summed E-state index contributed by atoms with van der Waals surface area (Å²) in [5.74, 6) is 4.34. The smallest absolute Gasteiger partial charge is 0.00414 e. The lowest BCUT2D eigenvalue weighted by molar-refractivity contribution is 0.0376. The van der Waals surface area contributed by atoms with E-state index in [0.717, 1.165) is 29.7 Å². The quantitative estimate of drug-likeness (QED) is 0.645. The third-order valence-electron chi connectivity index (χ3n) is 6.64. The van der Waals surface area contributed by atoms with Gasteiger partial charge in [-0.05, 0) is 75.7 Å². The van der Waals surface area contributed by atoms with E-state index in [4.69, 9.17) is 0 Å². The van der Waals surface area contributed by atoms with Crippen molar-refractivity contribution in [1.82, 2.24) is 5.32 Å². The van der Waals surface area contributed by atoms with E-state index in [0.29, 0.717) is 0 Å². The zero-order chi connectivity index (χ0) is 13.8. The Morgan fingerprint density at radius 2 is 1.30 bits per heavy atom. The molecule has 1 N–H and O–H groups in total. The van der Waals surface area contributed by atoms with Crippen molar-refractivity contribution in [2.75, 3.05) is 6.54 Å². The van der Waals surface area contributed by atoms with Gasteiger partial charge in [0.1, 0.15) is 0 Å². The number of rotatable bonds is 0. The fourth-order valence-corrected chi connectivity index (χ4v) is 5.64. The van der Waals surface area contributed by atoms with Crippen LogP contribution in [-0.2, 0) is 0 Å². The molecule has 0 aromatic carbocycles. The van der Waals surface area contributed by atoms with Gasteiger partial charge in [-0.3, -0.25) is 0 Å². The number of hydrogen-bond donors (Lipinski definition) is 1. The molecule has 1 heteroatoms. The molecule has 2 saturated carbocycles. The first-order valence-electron chi connectivity index (χ1n) is 9.58. The van der Waals surface area contributed by atoms with E-state index in [1.807, 2.05) is 0 Å². The predicted molar refractivity (Wildman–Crippen MR) is 86.8 cm³/mol. The van der Waals surface area contributed by atoms with Gasteiger partial charge < -0.3 is 5.32 Å². The SMILES string of the molecule is CC1CC2CCC(CCCCCCN1)C1CCCC[C@H]21. The molecule has 1 aliphatic heterocycles. The summed E-state index contributed by atoms with van der Waals surface area (Å²) in [4.78, 5) is 0. The van der Waals surface area contributed by atoms with Gasteiger partial charge in [0, 0.05) is 6.04 Å². The Morgan fingerprint density at radius 1 is 0.650 bits per heavy atom. The first-order chi connectivity index (χ1) is 9.84. The lowest BCUT2D eigenvalue weighted by atomic mass is 9.59. The van der Waals surface area contributed by atoms with Gasteiger partial charge in [0.15, 0.2) is 0 Å². The molecule has 1 nitrogen and oxygen atoms in total. The zero-order valence-electron chi connectivity index (χ0n) is 13.6. The van der Waals surface area contributed by atoms with Crippen LogP contribution in [0.2, 0.25) is 0 Å². The highest BCUT2D eigenvalue weighted by Gasteiger charge is 2.40. The van der Waals surface area contributed by atoms with Crippen LogP contribution in [0.1, 0.15) is 84.0 Å². The van der Waals surface area contributed by atoms with Crippen LogP contribution in [0.4, 0.5) is 0 Å². The Balaban J connectivity index is 1.70. The molecular weight excluding hydrogens is 242 g/mol. The van der Waals surface area contributed by atoms with Crippen molar-refractivity contribution in [3.05, 3.63) is 0 Å². The molecule has 0 radical (unpaired) electrons. The molecule has 3 aliphatic rings. The standard InChI is InChI=1S/C19H35N/c1-15-14-17-12-11-16(8-4-2-3-7-13-20-15)18-9-5-6-10-19(17)18/h15-20H,2-14H2,1H3/t15?,16?,17?,18?,19-/m1/s1. The molecule has 0 aromatic heterocycles. The Kier molecular flexibility index (Phi) is 5.42. The summed E-state index contributed by atoms with van der Waals surface area (Å²) in [6, 6.07) is 0.750. The van der Waals surface area contributed by atoms with E-state index < -0.39 is 0 Å². The lowest BCUT2D eigenvalue weighted by Gasteiger charge is -2.47. The Morgan fingerprint density at radius 3 is 2.15 bits per heavy atom. The van der Waals surface area contributed by atoms with Crippen LogP contribution in [0.3, 0.4) is 0 Å². The monoisotopic (exact) mass is 277 g/mol. The summed E-state index contributed by atoms with van der Waals surface area (Å²) in [5, 5.41) is 3.80. The number of nitrogens with one attached hydrogen (secondary N) is 1. The maximum absolute atomic E-state index is 3.80. The van der Waals surface area contributed by atoms with Gasteiger partial charge in [0.05, 0.1) is 0 Å². The van der Waals surface area contributed by atoms with E-state index in [-0.39, 0.29) is 0 Å². The molecule has 2 bridgehead atoms. The van der Waals surface area contributed by atoms with Gasteiger partial charge in [-0.25, -0.2) is 0 Å². The summed E-state index contributed by atoms with van der Waals surface area (Å²) < 4.78 is 0. The van der Waals surface area contributed by atoms with Crippen molar-refractivity contribution in [2.24, 2.45) is 23.7 Å². The molecular formula is C19H35N. The van der Waals surface area contributed by atoms with Crippen LogP contribution in [0.15, 0.2) is 0 Å². The first kappa shape index (κ1) is 14.9. The van der Waals surface area contributed by atoms with Gasteiger partial charge in [0.2, 0.25) is 0 Å². The van der Waals surface area contributed by atoms with Crippen LogP contribution < -0.4 is 5.32 Å². The molecule has 0 aromatic rings. The van der Waals surface area contributed by atoms with Gasteiger partial charge in [-0.2, -0.15) is 0 Å². The Hall–Kier alpha value is -0.0400. The lowest BCUT2D eigenvalue weighted by Crippen LogP contribution is -2.40. The van der Waals surface area contributed by atoms with E-state index >= 15 is 0 Å². The molecule has 1 saturated heterocycles. The third-order valence-corrected chi connectivity index (χ3v) is 6.64. The predicted octanol–water partition coefficient (Wildman–Crippen LogP) is 5.15. The minimum Gasteiger partial charge on any atom is -0.314 e. The molecule has 3 fully saturated rings. The topological polar surface area (TPSA) is 12.0 Å². The van der Waals surface area contributed by atoms with Crippen LogP contribution in [0.25, 0.3) is 0 Å². The summed E-state index contributed by atoms with van der Waals surface area (Å²) in [7, 11) is 0. The summed E-state index contributed by atoms with van der Waals surface area (Å²) in [6.45, 7) is 3.69. The van der Waals surface area contributed by atoms with Crippen LogP contribution in [0.5, 0.6) is 0 Å². The second-order valence-corrected chi connectivity index (χ2v) is 8.00. The summed E-state index contributed by atoms with van der Waals surface area (Å²) >= 11 is 0. The third kappa shape index (κ3) is 3.59. The first-order valence-corrected chi connectivity index (χ1v) is 9.58. The highest BCUT2D eigenvalue weighted by molar-refractivity contribution is 4.91. The second kappa shape index (κ2) is 7.29. The average Bonchev–Trinajstić information content (AvgIpc) is 2.50. The molecule has 5 atom stereocenters. The Labute approximate surface area is 126 Å². The van der Waals surface area contributed by atoms with Gasteiger partial charge in [0.25, 0.3) is 0 Å². The molecule has 1 heterocycles. The number of fused-ring (bicyclic) bond motifs is 6. The van der Waals surface area contributed by atoms with Gasteiger partial charge in [-0.1, -0.05) is 38.5 Å². The van der Waals surface area contributed by atoms with Crippen LogP contribution in [0, 0.1) is 23.7 Å². The second-order valence-electron chi connectivity index (χ2n) is 8.00. The minimum atomic E-state index is 0.750. The van der Waals surface area contributed by atoms with Crippen LogP contribution in [-0.4, -0.2) is 12.6 Å². The molecule has 20 heavy (non-hydrogen) atoms. The zero-order valence-corrected chi connectivity index (χ0v) is 13.6. The van der Waals surface area contributed by atoms with Gasteiger partial charge >= 0.3 is 0 Å². The highest BCUT2D eigenvalue weighted by Crippen LogP contribution is 2.49.